The molecule has 0 amide bonds. The Balaban J connectivity index is 2.22. The Morgan fingerprint density at radius 3 is 2.25 bits per heavy atom. The maximum absolute atomic E-state index is 13.9. The molecule has 0 radical (unpaired) electrons. The van der Waals surface area contributed by atoms with Gasteiger partial charge in [-0.2, -0.15) is 0 Å². The smallest absolute Gasteiger partial charge is 0.303 e. The largest absolute Gasteiger partial charge is 0.481 e. The van der Waals surface area contributed by atoms with Crippen LogP contribution in [0.3, 0.4) is 0 Å². The van der Waals surface area contributed by atoms with E-state index in [-0.39, 0.29) is 18.4 Å². The van der Waals surface area contributed by atoms with Crippen molar-refractivity contribution in [2.45, 2.75) is 12.8 Å². The first-order valence-electron chi connectivity index (χ1n) is 6.18. The van der Waals surface area contributed by atoms with Crippen LogP contribution in [0.5, 0.6) is 0 Å². The fraction of sp³-hybridized carbons (Fsp3) is 0.125. The first kappa shape index (κ1) is 13.9. The molecule has 3 nitrogen and oxygen atoms in total. The number of ketones is 1. The summed E-state index contributed by atoms with van der Waals surface area (Å²) in [5, 5.41) is 8.53. The van der Waals surface area contributed by atoms with E-state index in [1.54, 1.807) is 6.07 Å². The van der Waals surface area contributed by atoms with Gasteiger partial charge in [0.25, 0.3) is 0 Å². The van der Waals surface area contributed by atoms with Gasteiger partial charge in [-0.25, -0.2) is 4.39 Å². The minimum Gasteiger partial charge on any atom is -0.481 e. The molecule has 0 fully saturated rings. The van der Waals surface area contributed by atoms with Crippen molar-refractivity contribution in [3.63, 3.8) is 0 Å². The van der Waals surface area contributed by atoms with Crippen LogP contribution in [-0.4, -0.2) is 16.9 Å². The number of hydrogen-bond donors (Lipinski definition) is 1. The average molecular weight is 272 g/mol. The lowest BCUT2D eigenvalue weighted by Gasteiger charge is -2.05. The van der Waals surface area contributed by atoms with E-state index in [1.807, 2.05) is 30.3 Å². The van der Waals surface area contributed by atoms with Gasteiger partial charge in [0.1, 0.15) is 5.82 Å². The zero-order valence-electron chi connectivity index (χ0n) is 10.7. The van der Waals surface area contributed by atoms with Crippen LogP contribution in [0.25, 0.3) is 11.1 Å². The van der Waals surface area contributed by atoms with Gasteiger partial charge in [-0.05, 0) is 23.3 Å². The highest BCUT2D eigenvalue weighted by molar-refractivity contribution is 5.98. The molecule has 0 aromatic heterocycles. The molecule has 0 atom stereocenters. The maximum Gasteiger partial charge on any atom is 0.303 e. The predicted molar refractivity (Wildman–Crippen MR) is 73.0 cm³/mol. The lowest BCUT2D eigenvalue weighted by Crippen LogP contribution is -2.06. The molecule has 0 unspecified atom stereocenters. The summed E-state index contributed by atoms with van der Waals surface area (Å²) in [5.74, 6) is -2.19. The van der Waals surface area contributed by atoms with Crippen LogP contribution in [0.4, 0.5) is 4.39 Å². The zero-order valence-corrected chi connectivity index (χ0v) is 10.7. The topological polar surface area (TPSA) is 54.4 Å². The van der Waals surface area contributed by atoms with Gasteiger partial charge in [-0.1, -0.05) is 36.4 Å². The van der Waals surface area contributed by atoms with Gasteiger partial charge < -0.3 is 5.11 Å². The molecule has 20 heavy (non-hydrogen) atoms. The Kier molecular flexibility index (Phi) is 4.25. The lowest BCUT2D eigenvalue weighted by molar-refractivity contribution is -0.136. The van der Waals surface area contributed by atoms with Crippen LogP contribution < -0.4 is 0 Å². The molecule has 0 saturated carbocycles. The number of halogens is 1. The third-order valence-electron chi connectivity index (χ3n) is 2.94. The summed E-state index contributed by atoms with van der Waals surface area (Å²) < 4.78 is 13.9. The lowest BCUT2D eigenvalue weighted by atomic mass is 10.0. The second-order valence-corrected chi connectivity index (χ2v) is 4.38. The Morgan fingerprint density at radius 1 is 0.950 bits per heavy atom. The molecule has 2 aromatic carbocycles. The van der Waals surface area contributed by atoms with Crippen molar-refractivity contribution in [2.24, 2.45) is 0 Å². The van der Waals surface area contributed by atoms with Crippen molar-refractivity contribution in [3.8, 4) is 11.1 Å². The summed E-state index contributed by atoms with van der Waals surface area (Å²) in [7, 11) is 0. The van der Waals surface area contributed by atoms with E-state index in [0.29, 0.717) is 5.56 Å². The Hall–Kier alpha value is -2.49. The first-order valence-corrected chi connectivity index (χ1v) is 6.18. The summed E-state index contributed by atoms with van der Waals surface area (Å²) in [6.07, 6.45) is -0.490. The second-order valence-electron chi connectivity index (χ2n) is 4.38. The van der Waals surface area contributed by atoms with Crippen molar-refractivity contribution >= 4 is 11.8 Å². The number of Topliss-reactive ketones (excluding diaryl/α,β-unsaturated/α-hetero) is 1. The number of carboxylic acids is 1. The fourth-order valence-electron chi connectivity index (χ4n) is 1.91. The number of aliphatic carboxylic acids is 1. The summed E-state index contributed by atoms with van der Waals surface area (Å²) in [5.41, 5.74) is 1.47. The second kappa shape index (κ2) is 6.10. The molecule has 0 saturated heterocycles. The molecule has 0 bridgehead atoms. The number of carbonyl (C=O) groups excluding carboxylic acids is 1. The van der Waals surface area contributed by atoms with E-state index < -0.39 is 17.6 Å². The third kappa shape index (κ3) is 3.29. The minimum absolute atomic E-state index is 0.0640. The number of rotatable bonds is 5. The molecule has 102 valence electrons. The van der Waals surface area contributed by atoms with Gasteiger partial charge in [-0.15, -0.1) is 0 Å². The predicted octanol–water partition coefficient (Wildman–Crippen LogP) is 3.54. The summed E-state index contributed by atoms with van der Waals surface area (Å²) in [4.78, 5) is 22.1. The summed E-state index contributed by atoms with van der Waals surface area (Å²) in [6, 6.07) is 13.6. The molecule has 0 aliphatic rings. The van der Waals surface area contributed by atoms with Crippen molar-refractivity contribution in [2.75, 3.05) is 0 Å². The van der Waals surface area contributed by atoms with Crippen LogP contribution in [0.1, 0.15) is 23.2 Å². The van der Waals surface area contributed by atoms with Gasteiger partial charge >= 0.3 is 5.97 Å². The van der Waals surface area contributed by atoms with Gasteiger partial charge in [-0.3, -0.25) is 9.59 Å². The third-order valence-corrected chi connectivity index (χ3v) is 2.94. The molecule has 0 heterocycles. The molecule has 2 aromatic rings. The van der Waals surface area contributed by atoms with E-state index in [0.717, 1.165) is 5.56 Å². The highest BCUT2D eigenvalue weighted by atomic mass is 19.1. The molecular weight excluding hydrogens is 259 g/mol. The molecule has 4 heteroatoms. The van der Waals surface area contributed by atoms with Crippen molar-refractivity contribution in [3.05, 3.63) is 59.9 Å². The zero-order chi connectivity index (χ0) is 14.5. The van der Waals surface area contributed by atoms with E-state index in [1.165, 1.54) is 12.1 Å². The minimum atomic E-state index is -1.07. The highest BCUT2D eigenvalue weighted by Gasteiger charge is 2.14. The summed E-state index contributed by atoms with van der Waals surface area (Å²) >= 11 is 0. The molecule has 0 aliphatic carbocycles. The van der Waals surface area contributed by atoms with Gasteiger partial charge in [0.15, 0.2) is 5.78 Å². The van der Waals surface area contributed by atoms with E-state index in [2.05, 4.69) is 0 Å². The Labute approximate surface area is 115 Å². The molecule has 2 rings (SSSR count). The standard InChI is InChI=1S/C16H13FO3/c17-14-10-12(11-4-2-1-3-5-11)6-7-13(14)15(18)8-9-16(19)20/h1-7,10H,8-9H2,(H,19,20). The number of benzene rings is 2. The Morgan fingerprint density at radius 2 is 1.65 bits per heavy atom. The van der Waals surface area contributed by atoms with Crippen molar-refractivity contribution < 1.29 is 19.1 Å². The highest BCUT2D eigenvalue weighted by Crippen LogP contribution is 2.22. The fourth-order valence-corrected chi connectivity index (χ4v) is 1.91. The monoisotopic (exact) mass is 272 g/mol. The quantitative estimate of drug-likeness (QED) is 0.847. The van der Waals surface area contributed by atoms with Crippen molar-refractivity contribution in [1.29, 1.82) is 0 Å². The van der Waals surface area contributed by atoms with Crippen LogP contribution in [-0.2, 0) is 4.79 Å². The molecule has 1 N–H and O–H groups in total. The normalized spacial score (nSPS) is 10.2. The van der Waals surface area contributed by atoms with Gasteiger partial charge in [0.05, 0.1) is 12.0 Å². The number of hydrogen-bond acceptors (Lipinski definition) is 2. The van der Waals surface area contributed by atoms with Crippen molar-refractivity contribution in [1.82, 2.24) is 0 Å². The maximum atomic E-state index is 13.9. The van der Waals surface area contributed by atoms with Crippen LogP contribution in [0, 0.1) is 5.82 Å². The van der Waals surface area contributed by atoms with E-state index in [9.17, 15) is 14.0 Å². The number of carbonyl (C=O) groups is 2. The van der Waals surface area contributed by atoms with Gasteiger partial charge in [0, 0.05) is 6.42 Å². The number of carboxylic acid groups (broad SMARTS) is 1. The molecule has 0 aliphatic heterocycles. The molecular formula is C16H13FO3. The first-order chi connectivity index (χ1) is 9.58. The van der Waals surface area contributed by atoms with Crippen LogP contribution in [0.15, 0.2) is 48.5 Å². The van der Waals surface area contributed by atoms with Gasteiger partial charge in [0.2, 0.25) is 0 Å². The van der Waals surface area contributed by atoms with E-state index in [4.69, 9.17) is 5.11 Å². The van der Waals surface area contributed by atoms with Crippen LogP contribution in [0.2, 0.25) is 0 Å². The summed E-state index contributed by atoms with van der Waals surface area (Å²) in [6.45, 7) is 0. The average Bonchev–Trinajstić information content (AvgIpc) is 2.45. The SMILES string of the molecule is O=C(O)CCC(=O)c1ccc(-c2ccccc2)cc1F. The van der Waals surface area contributed by atoms with Crippen LogP contribution >= 0.6 is 0 Å². The Bertz CT molecular complexity index is 635. The molecule has 0 spiro atoms. The van der Waals surface area contributed by atoms with E-state index >= 15 is 0 Å².